The zero-order valence-corrected chi connectivity index (χ0v) is 14.5. The predicted molar refractivity (Wildman–Crippen MR) is 98.9 cm³/mol. The van der Waals surface area contributed by atoms with Crippen LogP contribution in [0.4, 0.5) is 0 Å². The summed E-state index contributed by atoms with van der Waals surface area (Å²) in [5.74, 6) is -0.0262. The fourth-order valence-electron chi connectivity index (χ4n) is 3.31. The highest BCUT2D eigenvalue weighted by Crippen LogP contribution is 2.14. The average Bonchev–Trinajstić information content (AvgIpc) is 3.35. The first-order valence-corrected chi connectivity index (χ1v) is 8.80. The van der Waals surface area contributed by atoms with Gasteiger partial charge in [0.15, 0.2) is 0 Å². The minimum atomic E-state index is -0.0262. The van der Waals surface area contributed by atoms with E-state index in [2.05, 4.69) is 44.6 Å². The molecule has 1 aliphatic rings. The molecule has 2 aromatic carbocycles. The Morgan fingerprint density at radius 2 is 1.92 bits per heavy atom. The van der Waals surface area contributed by atoms with Crippen molar-refractivity contribution < 1.29 is 4.79 Å². The van der Waals surface area contributed by atoms with Crippen molar-refractivity contribution in [3.8, 4) is 5.69 Å². The maximum Gasteiger partial charge on any atom is 0.251 e. The quantitative estimate of drug-likeness (QED) is 0.769. The molecule has 1 atom stereocenters. The third kappa shape index (κ3) is 3.81. The first-order valence-electron chi connectivity index (χ1n) is 8.80. The lowest BCUT2D eigenvalue weighted by Gasteiger charge is -2.17. The molecule has 1 aliphatic heterocycles. The van der Waals surface area contributed by atoms with E-state index in [0.29, 0.717) is 5.56 Å². The van der Waals surface area contributed by atoms with E-state index in [4.69, 9.17) is 0 Å². The Hall–Kier alpha value is -2.99. The van der Waals surface area contributed by atoms with Gasteiger partial charge in [-0.1, -0.05) is 30.3 Å². The van der Waals surface area contributed by atoms with Gasteiger partial charge < -0.3 is 5.32 Å². The van der Waals surface area contributed by atoms with Crippen LogP contribution in [-0.4, -0.2) is 44.7 Å². The van der Waals surface area contributed by atoms with Crippen molar-refractivity contribution in [3.05, 3.63) is 78.4 Å². The van der Waals surface area contributed by atoms with Crippen molar-refractivity contribution in [1.82, 2.24) is 25.0 Å². The summed E-state index contributed by atoms with van der Waals surface area (Å²) in [7, 11) is 0. The van der Waals surface area contributed by atoms with Crippen LogP contribution >= 0.6 is 0 Å². The molecular weight excluding hydrogens is 326 g/mol. The fourth-order valence-corrected chi connectivity index (χ4v) is 3.31. The molecule has 6 nitrogen and oxygen atoms in total. The number of likely N-dealkylation sites (tertiary alicyclic amines) is 1. The second-order valence-electron chi connectivity index (χ2n) is 6.57. The molecule has 3 aromatic rings. The molecule has 0 spiro atoms. The first kappa shape index (κ1) is 16.5. The van der Waals surface area contributed by atoms with E-state index in [1.54, 1.807) is 11.0 Å². The number of hydrogen-bond acceptors (Lipinski definition) is 4. The Balaban J connectivity index is 1.32. The molecule has 1 amide bonds. The molecule has 0 unspecified atom stereocenters. The molecular formula is C20H21N5O. The standard InChI is InChI=1S/C20H21N5O/c26-20(17-6-8-19(9-7-17)25-15-21-14-22-25)23-18-10-11-24(13-18)12-16-4-2-1-3-5-16/h1-9,14-15,18H,10-13H2,(H,23,26)/t18-/m1/s1. The van der Waals surface area contributed by atoms with E-state index in [0.717, 1.165) is 31.7 Å². The van der Waals surface area contributed by atoms with E-state index < -0.39 is 0 Å². The summed E-state index contributed by atoms with van der Waals surface area (Å²) in [5.41, 5.74) is 2.85. The van der Waals surface area contributed by atoms with Crippen LogP contribution in [0.5, 0.6) is 0 Å². The summed E-state index contributed by atoms with van der Waals surface area (Å²) < 4.78 is 1.67. The van der Waals surface area contributed by atoms with Crippen molar-refractivity contribution in [1.29, 1.82) is 0 Å². The normalized spacial score (nSPS) is 17.3. The monoisotopic (exact) mass is 347 g/mol. The minimum absolute atomic E-state index is 0.0262. The van der Waals surface area contributed by atoms with Crippen molar-refractivity contribution in [2.45, 2.75) is 19.0 Å². The molecule has 1 N–H and O–H groups in total. The zero-order valence-electron chi connectivity index (χ0n) is 14.5. The lowest BCUT2D eigenvalue weighted by atomic mass is 10.1. The Kier molecular flexibility index (Phi) is 4.75. The molecule has 6 heteroatoms. The van der Waals surface area contributed by atoms with E-state index in [-0.39, 0.29) is 11.9 Å². The average molecular weight is 347 g/mol. The van der Waals surface area contributed by atoms with Crippen molar-refractivity contribution in [3.63, 3.8) is 0 Å². The molecule has 132 valence electrons. The zero-order chi connectivity index (χ0) is 17.8. The van der Waals surface area contributed by atoms with Crippen molar-refractivity contribution >= 4 is 5.91 Å². The van der Waals surface area contributed by atoms with Crippen LogP contribution in [0.2, 0.25) is 0 Å². The molecule has 26 heavy (non-hydrogen) atoms. The van der Waals surface area contributed by atoms with Gasteiger partial charge in [-0.2, -0.15) is 5.10 Å². The van der Waals surface area contributed by atoms with E-state index in [1.807, 2.05) is 30.3 Å². The largest absolute Gasteiger partial charge is 0.348 e. The number of rotatable bonds is 5. The van der Waals surface area contributed by atoms with E-state index in [1.165, 1.54) is 11.9 Å². The number of nitrogens with one attached hydrogen (secondary N) is 1. The van der Waals surface area contributed by atoms with Gasteiger partial charge in [0.1, 0.15) is 12.7 Å². The van der Waals surface area contributed by atoms with Crippen LogP contribution in [0, 0.1) is 0 Å². The van der Waals surface area contributed by atoms with E-state index >= 15 is 0 Å². The highest BCUT2D eigenvalue weighted by atomic mass is 16.1. The highest BCUT2D eigenvalue weighted by Gasteiger charge is 2.24. The number of carbonyl (C=O) groups excluding carboxylic acids is 1. The molecule has 0 bridgehead atoms. The summed E-state index contributed by atoms with van der Waals surface area (Å²) in [6, 6.07) is 18.0. The lowest BCUT2D eigenvalue weighted by Crippen LogP contribution is -2.37. The maximum atomic E-state index is 12.5. The Labute approximate surface area is 152 Å². The third-order valence-electron chi connectivity index (χ3n) is 4.67. The Bertz CT molecular complexity index is 846. The van der Waals surface area contributed by atoms with Crippen LogP contribution in [0.15, 0.2) is 67.3 Å². The van der Waals surface area contributed by atoms with Crippen LogP contribution in [-0.2, 0) is 6.54 Å². The molecule has 2 heterocycles. The van der Waals surface area contributed by atoms with Gasteiger partial charge in [0.2, 0.25) is 0 Å². The number of amides is 1. The molecule has 4 rings (SSSR count). The van der Waals surface area contributed by atoms with E-state index in [9.17, 15) is 4.79 Å². The molecule has 0 aliphatic carbocycles. The van der Waals surface area contributed by atoms with Crippen molar-refractivity contribution in [2.75, 3.05) is 13.1 Å². The number of aromatic nitrogens is 3. The Morgan fingerprint density at radius 3 is 2.65 bits per heavy atom. The van der Waals surface area contributed by atoms with Gasteiger partial charge in [-0.3, -0.25) is 9.69 Å². The second kappa shape index (κ2) is 7.49. The molecule has 0 saturated carbocycles. The summed E-state index contributed by atoms with van der Waals surface area (Å²) in [5, 5.41) is 7.24. The molecule has 0 radical (unpaired) electrons. The van der Waals surface area contributed by atoms with Gasteiger partial charge in [0, 0.05) is 31.2 Å². The maximum absolute atomic E-state index is 12.5. The molecule has 1 saturated heterocycles. The lowest BCUT2D eigenvalue weighted by molar-refractivity contribution is 0.0937. The molecule has 1 fully saturated rings. The van der Waals surface area contributed by atoms with Crippen LogP contribution in [0.3, 0.4) is 0 Å². The minimum Gasteiger partial charge on any atom is -0.348 e. The number of hydrogen-bond donors (Lipinski definition) is 1. The van der Waals surface area contributed by atoms with Crippen LogP contribution < -0.4 is 5.32 Å². The number of benzene rings is 2. The predicted octanol–water partition coefficient (Wildman–Crippen LogP) is 2.27. The highest BCUT2D eigenvalue weighted by molar-refractivity contribution is 5.94. The SMILES string of the molecule is O=C(N[C@@H]1CCN(Cc2ccccc2)C1)c1ccc(-n2cncn2)cc1. The van der Waals surface area contributed by atoms with Crippen LogP contribution in [0.1, 0.15) is 22.3 Å². The summed E-state index contributed by atoms with van der Waals surface area (Å²) in [4.78, 5) is 18.8. The first-order chi connectivity index (χ1) is 12.8. The van der Waals surface area contributed by atoms with Crippen molar-refractivity contribution in [2.24, 2.45) is 0 Å². The summed E-state index contributed by atoms with van der Waals surface area (Å²) in [6.07, 6.45) is 4.10. The second-order valence-corrected chi connectivity index (χ2v) is 6.57. The fraction of sp³-hybridized carbons (Fsp3) is 0.250. The number of nitrogens with zero attached hydrogens (tertiary/aromatic N) is 4. The van der Waals surface area contributed by atoms with Gasteiger partial charge in [0.25, 0.3) is 5.91 Å². The van der Waals surface area contributed by atoms with Gasteiger partial charge >= 0.3 is 0 Å². The third-order valence-corrected chi connectivity index (χ3v) is 4.67. The van der Waals surface area contributed by atoms with Gasteiger partial charge in [-0.05, 0) is 36.2 Å². The Morgan fingerprint density at radius 1 is 1.12 bits per heavy atom. The van der Waals surface area contributed by atoms with Gasteiger partial charge in [-0.25, -0.2) is 9.67 Å². The summed E-state index contributed by atoms with van der Waals surface area (Å²) >= 11 is 0. The smallest absolute Gasteiger partial charge is 0.251 e. The summed E-state index contributed by atoms with van der Waals surface area (Å²) in [6.45, 7) is 2.82. The topological polar surface area (TPSA) is 63.1 Å². The number of carbonyl (C=O) groups is 1. The van der Waals surface area contributed by atoms with Crippen LogP contribution in [0.25, 0.3) is 5.69 Å². The molecule has 1 aromatic heterocycles. The van der Waals surface area contributed by atoms with Gasteiger partial charge in [0.05, 0.1) is 5.69 Å². The van der Waals surface area contributed by atoms with Gasteiger partial charge in [-0.15, -0.1) is 0 Å².